The van der Waals surface area contributed by atoms with Crippen LogP contribution in [0.5, 0.6) is 0 Å². The molecule has 15 aromatic rings. The van der Waals surface area contributed by atoms with Gasteiger partial charge in [0.2, 0.25) is 0 Å². The Morgan fingerprint density at radius 3 is 1.04 bits per heavy atom. The minimum absolute atomic E-state index is 0.253. The van der Waals surface area contributed by atoms with E-state index in [0.29, 0.717) is 11.1 Å². The Bertz CT molecular complexity index is 5140. The van der Waals surface area contributed by atoms with Gasteiger partial charge in [0.15, 0.2) is 0 Å². The van der Waals surface area contributed by atoms with Crippen molar-refractivity contribution in [2.24, 2.45) is 0 Å². The lowest BCUT2D eigenvalue weighted by atomic mass is 9.33. The van der Waals surface area contributed by atoms with E-state index in [2.05, 4.69) is 331 Å². The number of para-hydroxylation sites is 6. The minimum atomic E-state index is -0.301. The summed E-state index contributed by atoms with van der Waals surface area (Å²) in [5.74, 6) is 0. The molecule has 17 rings (SSSR count). The quantitative estimate of drug-likeness (QED) is 0.142. The summed E-state index contributed by atoms with van der Waals surface area (Å²) in [7, 11) is 0. The Morgan fingerprint density at radius 2 is 0.659 bits per heavy atom. The number of aromatic nitrogens is 2. The molecular weight excluding hydrogens is 1100 g/mol. The van der Waals surface area contributed by atoms with Crippen molar-refractivity contribution in [3.8, 4) is 68.0 Å². The Kier molecular flexibility index (Phi) is 12.2. The number of anilines is 6. The highest BCUT2D eigenvalue weighted by molar-refractivity contribution is 7.00. The zero-order valence-corrected chi connectivity index (χ0v) is 50.5. The summed E-state index contributed by atoms with van der Waals surface area (Å²) < 4.78 is 4.74. The highest BCUT2D eigenvalue weighted by Crippen LogP contribution is 2.51. The van der Waals surface area contributed by atoms with E-state index in [0.717, 1.165) is 123 Å². The molecule has 2 aliphatic heterocycles. The molecule has 91 heavy (non-hydrogen) atoms. The van der Waals surface area contributed by atoms with Crippen molar-refractivity contribution >= 4 is 101 Å². The molecule has 7 heteroatoms. The molecule has 426 valence electrons. The second-order valence-electron chi connectivity index (χ2n) is 25.0. The average molecular weight is 1160 g/mol. The first-order valence-electron chi connectivity index (χ1n) is 31.1. The fraction of sp³-hybridized carbons (Fsp3) is 0.0476. The maximum atomic E-state index is 10.8. The third kappa shape index (κ3) is 8.40. The first-order chi connectivity index (χ1) is 44.7. The molecule has 0 N–H and O–H groups in total. The van der Waals surface area contributed by atoms with Gasteiger partial charge < -0.3 is 18.9 Å². The van der Waals surface area contributed by atoms with Crippen LogP contribution < -0.4 is 26.2 Å². The first-order valence-corrected chi connectivity index (χ1v) is 31.1. The van der Waals surface area contributed by atoms with Crippen LogP contribution in [0.3, 0.4) is 0 Å². The predicted molar refractivity (Wildman–Crippen MR) is 379 cm³/mol. The summed E-state index contributed by atoms with van der Waals surface area (Å²) in [6.07, 6.45) is 0. The molecular formula is C84H57BN6. The van der Waals surface area contributed by atoms with Gasteiger partial charge in [-0.2, -0.15) is 10.5 Å². The first kappa shape index (κ1) is 53.4. The standard InChI is InChI=1S/C84H57BN6/c1-84(2,3)60-50-81-83-82(51-60)91(72-33-17-11-27-62(72)57-24-8-5-9-25-57)80-49-59(68-47-55(53-87)39-45-78(68)89-75-36-20-14-30-65(75)66-31-15-21-37-76(66)89)41-43-70(80)85(83)69-42-40-58(48-79(69)90(81)71-32-16-10-26-61(71)56-22-6-4-7-23-56)67-46-54(52-86)38-44-77(67)88-73-34-18-12-28-63(73)64-29-13-19-35-74(64)88/h4-51H,1-3H3. The summed E-state index contributed by atoms with van der Waals surface area (Å²) in [4.78, 5) is 5.10. The van der Waals surface area contributed by atoms with Crippen molar-refractivity contribution in [2.75, 3.05) is 9.80 Å². The van der Waals surface area contributed by atoms with E-state index < -0.39 is 0 Å². The highest BCUT2D eigenvalue weighted by atomic mass is 15.2. The van der Waals surface area contributed by atoms with Gasteiger partial charge in [-0.15, -0.1) is 0 Å². The number of nitriles is 2. The highest BCUT2D eigenvalue weighted by Gasteiger charge is 2.45. The van der Waals surface area contributed by atoms with Crippen molar-refractivity contribution in [3.63, 3.8) is 0 Å². The van der Waals surface area contributed by atoms with Gasteiger partial charge in [0.05, 0.1) is 68.1 Å². The van der Waals surface area contributed by atoms with Gasteiger partial charge in [-0.1, -0.05) is 215 Å². The molecule has 0 bridgehead atoms. The van der Waals surface area contributed by atoms with Crippen LogP contribution in [-0.4, -0.2) is 15.8 Å². The summed E-state index contributed by atoms with van der Waals surface area (Å²) in [6, 6.07) is 110. The molecule has 0 aliphatic carbocycles. The molecule has 13 aromatic carbocycles. The van der Waals surface area contributed by atoms with Crippen LogP contribution in [0.1, 0.15) is 37.5 Å². The Hall–Kier alpha value is -11.9. The lowest BCUT2D eigenvalue weighted by molar-refractivity contribution is 0.590. The van der Waals surface area contributed by atoms with E-state index in [9.17, 15) is 10.5 Å². The molecule has 0 atom stereocenters. The molecule has 0 saturated carbocycles. The number of benzene rings is 13. The number of rotatable bonds is 8. The average Bonchev–Trinajstić information content (AvgIpc) is 0.764. The number of hydrogen-bond donors (Lipinski definition) is 0. The monoisotopic (exact) mass is 1160 g/mol. The van der Waals surface area contributed by atoms with E-state index >= 15 is 0 Å². The van der Waals surface area contributed by atoms with Crippen LogP contribution in [0.4, 0.5) is 34.1 Å². The second kappa shape index (κ2) is 20.9. The number of nitrogens with zero attached hydrogens (tertiary/aromatic N) is 6. The molecule has 0 unspecified atom stereocenters. The lowest BCUT2D eigenvalue weighted by Gasteiger charge is -2.46. The summed E-state index contributed by atoms with van der Waals surface area (Å²) >= 11 is 0. The molecule has 2 aromatic heterocycles. The van der Waals surface area contributed by atoms with Gasteiger partial charge in [-0.3, -0.25) is 0 Å². The van der Waals surface area contributed by atoms with Crippen molar-refractivity contribution in [1.29, 1.82) is 10.5 Å². The van der Waals surface area contributed by atoms with Gasteiger partial charge in [-0.25, -0.2) is 0 Å². The van der Waals surface area contributed by atoms with E-state index in [-0.39, 0.29) is 12.1 Å². The maximum absolute atomic E-state index is 10.8. The molecule has 0 spiro atoms. The van der Waals surface area contributed by atoms with Crippen molar-refractivity contribution in [2.45, 2.75) is 26.2 Å². The Labute approximate surface area is 529 Å². The Morgan fingerprint density at radius 1 is 0.297 bits per heavy atom. The zero-order valence-electron chi connectivity index (χ0n) is 50.5. The molecule has 2 aliphatic rings. The molecule has 6 nitrogen and oxygen atoms in total. The van der Waals surface area contributed by atoms with Gasteiger partial charge in [0.1, 0.15) is 0 Å². The van der Waals surface area contributed by atoms with Crippen LogP contribution in [0.25, 0.3) is 99.5 Å². The third-order valence-corrected chi connectivity index (χ3v) is 18.9. The molecule has 0 radical (unpaired) electrons. The topological polar surface area (TPSA) is 63.9 Å². The SMILES string of the molecule is CC(C)(C)c1cc2c3c(c1)N(c1ccccc1-c1ccccc1)c1cc(-c4cc(C#N)ccc4-n4c5ccccc5c5ccccc54)ccc1B3c1ccc(-c3cc(C#N)ccc3-n3c4ccccc4c4ccccc43)cc1N2c1ccccc1-c1ccccc1. The van der Waals surface area contributed by atoms with E-state index in [1.165, 1.54) is 32.6 Å². The summed E-state index contributed by atoms with van der Waals surface area (Å²) in [5, 5.41) is 26.2. The molecule has 4 heterocycles. The minimum Gasteiger partial charge on any atom is -0.311 e. The van der Waals surface area contributed by atoms with Crippen LogP contribution in [0.2, 0.25) is 0 Å². The smallest absolute Gasteiger partial charge is 0.252 e. The van der Waals surface area contributed by atoms with Crippen LogP contribution >= 0.6 is 0 Å². The van der Waals surface area contributed by atoms with Gasteiger partial charge in [0, 0.05) is 66.5 Å². The van der Waals surface area contributed by atoms with E-state index in [4.69, 9.17) is 0 Å². The normalized spacial score (nSPS) is 12.5. The molecule has 0 saturated heterocycles. The molecule has 0 fully saturated rings. The van der Waals surface area contributed by atoms with Crippen molar-refractivity contribution in [1.82, 2.24) is 9.13 Å². The van der Waals surface area contributed by atoms with Gasteiger partial charge in [-0.05, 0) is 147 Å². The van der Waals surface area contributed by atoms with Crippen LogP contribution in [0.15, 0.2) is 291 Å². The largest absolute Gasteiger partial charge is 0.311 e. The third-order valence-electron chi connectivity index (χ3n) is 18.9. The zero-order chi connectivity index (χ0) is 61.1. The van der Waals surface area contributed by atoms with Gasteiger partial charge in [0.25, 0.3) is 6.71 Å². The van der Waals surface area contributed by atoms with Gasteiger partial charge >= 0.3 is 0 Å². The fourth-order valence-electron chi connectivity index (χ4n) is 14.8. The van der Waals surface area contributed by atoms with Crippen LogP contribution in [0, 0.1) is 22.7 Å². The number of fused-ring (bicyclic) bond motifs is 10. The summed E-state index contributed by atoms with van der Waals surface area (Å²) in [6.45, 7) is 6.72. The second-order valence-corrected chi connectivity index (χ2v) is 25.0. The Balaban J connectivity index is 0.980. The van der Waals surface area contributed by atoms with E-state index in [1.54, 1.807) is 0 Å². The van der Waals surface area contributed by atoms with Crippen LogP contribution in [-0.2, 0) is 5.41 Å². The molecule has 0 amide bonds. The van der Waals surface area contributed by atoms with E-state index in [1.807, 2.05) is 12.1 Å². The maximum Gasteiger partial charge on any atom is 0.252 e. The number of hydrogen-bond acceptors (Lipinski definition) is 4. The van der Waals surface area contributed by atoms with Crippen molar-refractivity contribution < 1.29 is 0 Å². The predicted octanol–water partition coefficient (Wildman–Crippen LogP) is 19.7. The van der Waals surface area contributed by atoms with Crippen molar-refractivity contribution in [3.05, 3.63) is 308 Å². The fourth-order valence-corrected chi connectivity index (χ4v) is 14.8. The summed E-state index contributed by atoms with van der Waals surface area (Å²) in [5.41, 5.74) is 26.7. The lowest BCUT2D eigenvalue weighted by Crippen LogP contribution is -2.61.